The molecule has 0 unspecified atom stereocenters. The molecule has 1 aromatic heterocycles. The van der Waals surface area contributed by atoms with Gasteiger partial charge in [-0.25, -0.2) is 4.98 Å². The monoisotopic (exact) mass is 311 g/mol. The molecule has 0 radical (unpaired) electrons. The molecule has 2 heterocycles. The molecule has 0 bridgehead atoms. The lowest BCUT2D eigenvalue weighted by atomic mass is 10.2. The highest BCUT2D eigenvalue weighted by atomic mass is 15.2. The highest BCUT2D eigenvalue weighted by molar-refractivity contribution is 5.57. The maximum Gasteiger partial charge on any atom is 0.229 e. The second-order valence-electron chi connectivity index (χ2n) is 6.01. The summed E-state index contributed by atoms with van der Waals surface area (Å²) in [6, 6.07) is 10.2. The molecule has 23 heavy (non-hydrogen) atoms. The standard InChI is InChI=1S/C18H25N5/c1-2-6-15-12-17(23-9-3-4-10-23)22-18(20-15)21-16-8-5-7-14(11-16)13-19/h5,7-8,11-12H,2-4,6,9-10,13,19H2,1H3,(H,20,21,22). The van der Waals surface area contributed by atoms with Crippen LogP contribution in [0.3, 0.4) is 0 Å². The Bertz CT molecular complexity index is 650. The molecule has 122 valence electrons. The number of benzene rings is 1. The van der Waals surface area contributed by atoms with Crippen LogP contribution in [0, 0.1) is 0 Å². The van der Waals surface area contributed by atoms with Gasteiger partial charge in [0.25, 0.3) is 0 Å². The maximum atomic E-state index is 5.72. The van der Waals surface area contributed by atoms with Gasteiger partial charge >= 0.3 is 0 Å². The minimum absolute atomic E-state index is 0.533. The smallest absolute Gasteiger partial charge is 0.229 e. The Labute approximate surface area is 137 Å². The van der Waals surface area contributed by atoms with Gasteiger partial charge in [-0.2, -0.15) is 4.98 Å². The molecular formula is C18H25N5. The zero-order chi connectivity index (χ0) is 16.1. The van der Waals surface area contributed by atoms with Gasteiger partial charge in [0.15, 0.2) is 0 Å². The van der Waals surface area contributed by atoms with Crippen molar-refractivity contribution in [3.63, 3.8) is 0 Å². The summed E-state index contributed by atoms with van der Waals surface area (Å²) in [5.74, 6) is 1.71. The third-order valence-corrected chi connectivity index (χ3v) is 4.12. The molecule has 1 fully saturated rings. The van der Waals surface area contributed by atoms with Crippen LogP contribution in [0.4, 0.5) is 17.5 Å². The van der Waals surface area contributed by atoms with Crippen LogP contribution in [0.25, 0.3) is 0 Å². The minimum atomic E-state index is 0.533. The van der Waals surface area contributed by atoms with E-state index in [0.717, 1.165) is 48.7 Å². The van der Waals surface area contributed by atoms with Crippen molar-refractivity contribution in [2.24, 2.45) is 5.73 Å². The second kappa shape index (κ2) is 7.42. The van der Waals surface area contributed by atoms with Crippen molar-refractivity contribution in [1.29, 1.82) is 0 Å². The van der Waals surface area contributed by atoms with Crippen LogP contribution in [0.1, 0.15) is 37.4 Å². The maximum absolute atomic E-state index is 5.72. The first kappa shape index (κ1) is 15.7. The van der Waals surface area contributed by atoms with Gasteiger partial charge < -0.3 is 16.0 Å². The summed E-state index contributed by atoms with van der Waals surface area (Å²) in [5.41, 5.74) is 8.89. The van der Waals surface area contributed by atoms with E-state index in [9.17, 15) is 0 Å². The Morgan fingerprint density at radius 3 is 2.74 bits per heavy atom. The number of anilines is 3. The second-order valence-corrected chi connectivity index (χ2v) is 6.01. The van der Waals surface area contributed by atoms with Crippen molar-refractivity contribution in [1.82, 2.24) is 9.97 Å². The van der Waals surface area contributed by atoms with E-state index in [0.29, 0.717) is 12.5 Å². The summed E-state index contributed by atoms with van der Waals surface area (Å²) in [6.07, 6.45) is 4.54. The summed E-state index contributed by atoms with van der Waals surface area (Å²) >= 11 is 0. The lowest BCUT2D eigenvalue weighted by molar-refractivity contribution is 0.859. The zero-order valence-electron chi connectivity index (χ0n) is 13.8. The number of nitrogens with two attached hydrogens (primary N) is 1. The van der Waals surface area contributed by atoms with Crippen LogP contribution in [-0.2, 0) is 13.0 Å². The minimum Gasteiger partial charge on any atom is -0.356 e. The molecule has 0 spiro atoms. The lowest BCUT2D eigenvalue weighted by Gasteiger charge is -2.18. The quantitative estimate of drug-likeness (QED) is 0.857. The normalized spacial score (nSPS) is 14.3. The van der Waals surface area contributed by atoms with Crippen LogP contribution in [0.5, 0.6) is 0 Å². The van der Waals surface area contributed by atoms with E-state index in [-0.39, 0.29) is 0 Å². The van der Waals surface area contributed by atoms with E-state index in [1.54, 1.807) is 0 Å². The van der Waals surface area contributed by atoms with Crippen LogP contribution in [0.2, 0.25) is 0 Å². The third-order valence-electron chi connectivity index (χ3n) is 4.12. The molecule has 1 aliphatic heterocycles. The molecule has 1 aromatic carbocycles. The zero-order valence-corrected chi connectivity index (χ0v) is 13.8. The predicted molar refractivity (Wildman–Crippen MR) is 95.1 cm³/mol. The van der Waals surface area contributed by atoms with Crippen LogP contribution < -0.4 is 16.0 Å². The number of aromatic nitrogens is 2. The summed E-state index contributed by atoms with van der Waals surface area (Å²) in [4.78, 5) is 11.7. The van der Waals surface area contributed by atoms with Crippen molar-refractivity contribution in [2.45, 2.75) is 39.2 Å². The number of hydrogen-bond acceptors (Lipinski definition) is 5. The van der Waals surface area contributed by atoms with E-state index >= 15 is 0 Å². The van der Waals surface area contributed by atoms with Gasteiger partial charge in [0.2, 0.25) is 5.95 Å². The van der Waals surface area contributed by atoms with E-state index in [1.807, 2.05) is 24.3 Å². The molecule has 0 amide bonds. The molecule has 3 rings (SSSR count). The first-order valence-electron chi connectivity index (χ1n) is 8.47. The molecule has 1 saturated heterocycles. The van der Waals surface area contributed by atoms with Gasteiger partial charge in [-0.05, 0) is 37.0 Å². The summed E-state index contributed by atoms with van der Waals surface area (Å²) in [7, 11) is 0. The first-order chi connectivity index (χ1) is 11.3. The van der Waals surface area contributed by atoms with Crippen molar-refractivity contribution in [3.05, 3.63) is 41.6 Å². The Kier molecular flexibility index (Phi) is 5.08. The van der Waals surface area contributed by atoms with Crippen molar-refractivity contribution in [3.8, 4) is 0 Å². The van der Waals surface area contributed by atoms with E-state index < -0.39 is 0 Å². The van der Waals surface area contributed by atoms with Crippen molar-refractivity contribution < 1.29 is 0 Å². The Balaban J connectivity index is 1.87. The van der Waals surface area contributed by atoms with Gasteiger partial charge in [0.05, 0.1) is 0 Å². The molecule has 5 nitrogen and oxygen atoms in total. The van der Waals surface area contributed by atoms with Crippen LogP contribution in [-0.4, -0.2) is 23.1 Å². The molecule has 1 aliphatic rings. The van der Waals surface area contributed by atoms with E-state index in [2.05, 4.69) is 28.2 Å². The van der Waals surface area contributed by atoms with E-state index in [4.69, 9.17) is 10.7 Å². The van der Waals surface area contributed by atoms with Crippen molar-refractivity contribution in [2.75, 3.05) is 23.3 Å². The number of nitrogens with one attached hydrogen (secondary N) is 1. The molecule has 0 aliphatic carbocycles. The first-order valence-corrected chi connectivity index (χ1v) is 8.47. The summed E-state index contributed by atoms with van der Waals surface area (Å²) < 4.78 is 0. The average molecular weight is 311 g/mol. The fraction of sp³-hybridized carbons (Fsp3) is 0.444. The van der Waals surface area contributed by atoms with Gasteiger partial charge in [-0.1, -0.05) is 25.5 Å². The molecule has 0 saturated carbocycles. The molecular weight excluding hydrogens is 286 g/mol. The Morgan fingerprint density at radius 2 is 2.00 bits per heavy atom. The fourth-order valence-corrected chi connectivity index (χ4v) is 2.94. The van der Waals surface area contributed by atoms with Crippen LogP contribution in [0.15, 0.2) is 30.3 Å². The summed E-state index contributed by atoms with van der Waals surface area (Å²) in [6.45, 7) is 4.89. The Morgan fingerprint density at radius 1 is 1.17 bits per heavy atom. The van der Waals surface area contributed by atoms with Gasteiger partial charge in [-0.15, -0.1) is 0 Å². The van der Waals surface area contributed by atoms with Gasteiger partial charge in [0.1, 0.15) is 5.82 Å². The van der Waals surface area contributed by atoms with E-state index in [1.165, 1.54) is 12.8 Å². The van der Waals surface area contributed by atoms with Crippen molar-refractivity contribution >= 4 is 17.5 Å². The van der Waals surface area contributed by atoms with Crippen LogP contribution >= 0.6 is 0 Å². The highest BCUT2D eigenvalue weighted by Crippen LogP contribution is 2.22. The third kappa shape index (κ3) is 3.99. The Hall–Kier alpha value is -2.14. The predicted octanol–water partition coefficient (Wildman–Crippen LogP) is 3.23. The molecule has 3 N–H and O–H groups in total. The average Bonchev–Trinajstić information content (AvgIpc) is 3.10. The summed E-state index contributed by atoms with van der Waals surface area (Å²) in [5, 5.41) is 3.34. The molecule has 0 atom stereocenters. The number of nitrogens with zero attached hydrogens (tertiary/aromatic N) is 3. The molecule has 5 heteroatoms. The van der Waals surface area contributed by atoms with Gasteiger partial charge in [0, 0.05) is 37.1 Å². The topological polar surface area (TPSA) is 67.1 Å². The SMILES string of the molecule is CCCc1cc(N2CCCC2)nc(Nc2cccc(CN)c2)n1. The van der Waals surface area contributed by atoms with Gasteiger partial charge in [-0.3, -0.25) is 0 Å². The molecule has 2 aromatic rings. The lowest BCUT2D eigenvalue weighted by Crippen LogP contribution is -2.20. The number of hydrogen-bond donors (Lipinski definition) is 2. The largest absolute Gasteiger partial charge is 0.356 e. The number of aryl methyl sites for hydroxylation is 1. The number of rotatable bonds is 6. The highest BCUT2D eigenvalue weighted by Gasteiger charge is 2.15. The fourth-order valence-electron chi connectivity index (χ4n) is 2.94.